The molecule has 1 fully saturated rings. The fourth-order valence-electron chi connectivity index (χ4n) is 2.66. The number of hydrogen-bond donors (Lipinski definition) is 1. The molecule has 0 aromatic heterocycles. The van der Waals surface area contributed by atoms with Gasteiger partial charge in [0.15, 0.2) is 0 Å². The molecule has 0 saturated heterocycles. The average Bonchev–Trinajstić information content (AvgIpc) is 2.51. The average molecular weight is 180 g/mol. The topological polar surface area (TPSA) is 20.2 Å². The largest absolute Gasteiger partial charge is 0.380 e. The molecule has 1 saturated carbocycles. The molecule has 1 nitrogen and oxygen atoms in total. The summed E-state index contributed by atoms with van der Waals surface area (Å²) in [5, 5.41) is 9.82. The molecule has 1 rings (SSSR count). The first-order chi connectivity index (χ1) is 6.10. The maximum absolute atomic E-state index is 9.82. The van der Waals surface area contributed by atoms with Crippen molar-refractivity contribution >= 4 is 0 Å². The molecular weight excluding hydrogens is 160 g/mol. The number of rotatable bonds is 3. The second-order valence-electron chi connectivity index (χ2n) is 4.74. The van der Waals surface area contributed by atoms with Crippen LogP contribution in [0.4, 0.5) is 0 Å². The standard InChI is InChI=1S/C12H20O/c1-4-11(13)12(9-10(2)3)7-5-6-8-12/h1,10-11,13H,5-9H2,2-3H3. The van der Waals surface area contributed by atoms with E-state index in [9.17, 15) is 5.11 Å². The molecule has 13 heavy (non-hydrogen) atoms. The van der Waals surface area contributed by atoms with Gasteiger partial charge >= 0.3 is 0 Å². The maximum Gasteiger partial charge on any atom is 0.120 e. The van der Waals surface area contributed by atoms with Crippen molar-refractivity contribution in [3.05, 3.63) is 0 Å². The third kappa shape index (κ3) is 2.25. The molecule has 0 spiro atoms. The van der Waals surface area contributed by atoms with Crippen LogP contribution in [0.1, 0.15) is 46.0 Å². The van der Waals surface area contributed by atoms with Gasteiger partial charge in [0.05, 0.1) is 0 Å². The van der Waals surface area contributed by atoms with E-state index < -0.39 is 6.10 Å². The van der Waals surface area contributed by atoms with Gasteiger partial charge in [-0.3, -0.25) is 0 Å². The van der Waals surface area contributed by atoms with Crippen LogP contribution in [0.3, 0.4) is 0 Å². The van der Waals surface area contributed by atoms with Crippen LogP contribution >= 0.6 is 0 Å². The van der Waals surface area contributed by atoms with E-state index in [0.29, 0.717) is 5.92 Å². The Balaban J connectivity index is 2.70. The zero-order valence-electron chi connectivity index (χ0n) is 8.71. The van der Waals surface area contributed by atoms with Gasteiger partial charge in [-0.2, -0.15) is 0 Å². The van der Waals surface area contributed by atoms with E-state index in [0.717, 1.165) is 19.3 Å². The van der Waals surface area contributed by atoms with Crippen molar-refractivity contribution in [3.8, 4) is 12.3 Å². The Bertz CT molecular complexity index is 194. The van der Waals surface area contributed by atoms with Crippen molar-refractivity contribution < 1.29 is 5.11 Å². The van der Waals surface area contributed by atoms with Gasteiger partial charge in [-0.15, -0.1) is 6.42 Å². The number of aliphatic hydroxyl groups excluding tert-OH is 1. The first kappa shape index (κ1) is 10.6. The van der Waals surface area contributed by atoms with E-state index in [-0.39, 0.29) is 5.41 Å². The van der Waals surface area contributed by atoms with Crippen LogP contribution in [-0.4, -0.2) is 11.2 Å². The third-order valence-corrected chi connectivity index (χ3v) is 3.15. The summed E-state index contributed by atoms with van der Waals surface area (Å²) in [6.45, 7) is 4.40. The summed E-state index contributed by atoms with van der Waals surface area (Å²) in [6.07, 6.45) is 10.5. The molecule has 0 bridgehead atoms. The molecule has 1 heteroatoms. The fraction of sp³-hybridized carbons (Fsp3) is 0.833. The van der Waals surface area contributed by atoms with Gasteiger partial charge in [-0.1, -0.05) is 32.6 Å². The Hall–Kier alpha value is -0.480. The molecule has 1 aliphatic rings. The molecule has 1 unspecified atom stereocenters. The van der Waals surface area contributed by atoms with Crippen molar-refractivity contribution in [1.82, 2.24) is 0 Å². The molecule has 0 amide bonds. The smallest absolute Gasteiger partial charge is 0.120 e. The second kappa shape index (κ2) is 4.15. The van der Waals surface area contributed by atoms with Gasteiger partial charge < -0.3 is 5.11 Å². The molecule has 0 heterocycles. The minimum Gasteiger partial charge on any atom is -0.380 e. The maximum atomic E-state index is 9.82. The second-order valence-corrected chi connectivity index (χ2v) is 4.74. The zero-order valence-corrected chi connectivity index (χ0v) is 8.71. The lowest BCUT2D eigenvalue weighted by atomic mass is 9.74. The molecule has 74 valence electrons. The van der Waals surface area contributed by atoms with Gasteiger partial charge in [-0.05, 0) is 25.2 Å². The predicted octanol–water partition coefficient (Wildman–Crippen LogP) is 2.59. The Kier molecular flexibility index (Phi) is 3.39. The molecule has 0 aliphatic heterocycles. The van der Waals surface area contributed by atoms with Crippen LogP contribution < -0.4 is 0 Å². The van der Waals surface area contributed by atoms with Crippen molar-refractivity contribution in [2.24, 2.45) is 11.3 Å². The molecule has 1 N–H and O–H groups in total. The lowest BCUT2D eigenvalue weighted by Crippen LogP contribution is -2.32. The highest BCUT2D eigenvalue weighted by atomic mass is 16.3. The molecule has 0 aromatic carbocycles. The minimum absolute atomic E-state index is 0.0446. The van der Waals surface area contributed by atoms with Crippen molar-refractivity contribution in [2.45, 2.75) is 52.1 Å². The molecule has 1 aliphatic carbocycles. The van der Waals surface area contributed by atoms with Crippen LogP contribution in [0.5, 0.6) is 0 Å². The van der Waals surface area contributed by atoms with E-state index in [4.69, 9.17) is 6.42 Å². The highest BCUT2D eigenvalue weighted by Gasteiger charge is 2.39. The van der Waals surface area contributed by atoms with Crippen molar-refractivity contribution in [3.63, 3.8) is 0 Å². The van der Waals surface area contributed by atoms with Gasteiger partial charge in [-0.25, -0.2) is 0 Å². The summed E-state index contributed by atoms with van der Waals surface area (Å²) in [5.41, 5.74) is 0.0446. The lowest BCUT2D eigenvalue weighted by molar-refractivity contribution is 0.0549. The number of hydrogen-bond acceptors (Lipinski definition) is 1. The van der Waals surface area contributed by atoms with E-state index in [2.05, 4.69) is 19.8 Å². The molecular formula is C12H20O. The predicted molar refractivity (Wildman–Crippen MR) is 55.2 cm³/mol. The highest BCUT2D eigenvalue weighted by Crippen LogP contribution is 2.45. The third-order valence-electron chi connectivity index (χ3n) is 3.15. The normalized spacial score (nSPS) is 23.0. The SMILES string of the molecule is C#CC(O)C1(CC(C)C)CCCC1. The number of aliphatic hydroxyl groups is 1. The summed E-state index contributed by atoms with van der Waals surface area (Å²) >= 11 is 0. The molecule has 1 atom stereocenters. The monoisotopic (exact) mass is 180 g/mol. The first-order valence-corrected chi connectivity index (χ1v) is 5.25. The Morgan fingerprint density at radius 2 is 1.92 bits per heavy atom. The van der Waals surface area contributed by atoms with Crippen molar-refractivity contribution in [2.75, 3.05) is 0 Å². The van der Waals surface area contributed by atoms with Crippen LogP contribution in [-0.2, 0) is 0 Å². The summed E-state index contributed by atoms with van der Waals surface area (Å²) in [5.74, 6) is 3.13. The van der Waals surface area contributed by atoms with E-state index in [1.165, 1.54) is 12.8 Å². The summed E-state index contributed by atoms with van der Waals surface area (Å²) in [6, 6.07) is 0. The lowest BCUT2D eigenvalue weighted by Gasteiger charge is -2.33. The van der Waals surface area contributed by atoms with Gasteiger partial charge in [0.1, 0.15) is 6.10 Å². The van der Waals surface area contributed by atoms with Crippen LogP contribution in [0.2, 0.25) is 0 Å². The Morgan fingerprint density at radius 3 is 2.31 bits per heavy atom. The highest BCUT2D eigenvalue weighted by molar-refractivity contribution is 5.06. The van der Waals surface area contributed by atoms with Crippen molar-refractivity contribution in [1.29, 1.82) is 0 Å². The van der Waals surface area contributed by atoms with Gasteiger partial charge in [0.2, 0.25) is 0 Å². The zero-order chi connectivity index (χ0) is 9.90. The fourth-order valence-corrected chi connectivity index (χ4v) is 2.66. The summed E-state index contributed by atoms with van der Waals surface area (Å²) < 4.78 is 0. The van der Waals surface area contributed by atoms with E-state index in [1.807, 2.05) is 0 Å². The van der Waals surface area contributed by atoms with Gasteiger partial charge in [0.25, 0.3) is 0 Å². The summed E-state index contributed by atoms with van der Waals surface area (Å²) in [7, 11) is 0. The first-order valence-electron chi connectivity index (χ1n) is 5.25. The molecule has 0 aromatic rings. The van der Waals surface area contributed by atoms with Gasteiger partial charge in [0, 0.05) is 5.41 Å². The minimum atomic E-state index is -0.530. The van der Waals surface area contributed by atoms with E-state index >= 15 is 0 Å². The van der Waals surface area contributed by atoms with Crippen LogP contribution in [0.15, 0.2) is 0 Å². The summed E-state index contributed by atoms with van der Waals surface area (Å²) in [4.78, 5) is 0. The number of terminal acetylenes is 1. The van der Waals surface area contributed by atoms with Crippen LogP contribution in [0, 0.1) is 23.7 Å². The Morgan fingerprint density at radius 1 is 1.38 bits per heavy atom. The Labute approximate surface area is 81.5 Å². The quantitative estimate of drug-likeness (QED) is 0.662. The van der Waals surface area contributed by atoms with Crippen LogP contribution in [0.25, 0.3) is 0 Å². The van der Waals surface area contributed by atoms with E-state index in [1.54, 1.807) is 0 Å². The molecule has 0 radical (unpaired) electrons.